The second-order valence-corrected chi connectivity index (χ2v) is 7.69. The van der Waals surface area contributed by atoms with Crippen molar-refractivity contribution in [1.29, 1.82) is 0 Å². The predicted octanol–water partition coefficient (Wildman–Crippen LogP) is 4.31. The van der Waals surface area contributed by atoms with Gasteiger partial charge in [-0.2, -0.15) is 0 Å². The van der Waals surface area contributed by atoms with Gasteiger partial charge in [-0.1, -0.05) is 13.8 Å². The monoisotopic (exact) mass is 301 g/mol. The quantitative estimate of drug-likeness (QED) is 0.877. The first-order valence-electron chi connectivity index (χ1n) is 5.96. The minimum absolute atomic E-state index is 0.431. The maximum atomic E-state index is 3.60. The van der Waals surface area contributed by atoms with Crippen LogP contribution in [0.4, 0.5) is 0 Å². The van der Waals surface area contributed by atoms with Crippen molar-refractivity contribution in [2.24, 2.45) is 5.41 Å². The van der Waals surface area contributed by atoms with Gasteiger partial charge in [-0.25, -0.2) is 0 Å². The zero-order valence-corrected chi connectivity index (χ0v) is 12.8. The number of aryl methyl sites for hydroxylation is 1. The highest BCUT2D eigenvalue weighted by Gasteiger charge is 2.50. The molecule has 1 aromatic heterocycles. The summed E-state index contributed by atoms with van der Waals surface area (Å²) < 4.78 is 1.27. The number of halogens is 1. The van der Waals surface area contributed by atoms with Crippen LogP contribution in [0.25, 0.3) is 0 Å². The molecule has 0 aromatic carbocycles. The van der Waals surface area contributed by atoms with E-state index in [2.05, 4.69) is 55.1 Å². The molecule has 0 radical (unpaired) electrons. The zero-order chi connectivity index (χ0) is 11.9. The summed E-state index contributed by atoms with van der Waals surface area (Å²) in [6.45, 7) is 6.98. The van der Waals surface area contributed by atoms with E-state index in [1.807, 2.05) is 11.3 Å². The van der Waals surface area contributed by atoms with E-state index in [1.165, 1.54) is 21.5 Å². The lowest BCUT2D eigenvalue weighted by Crippen LogP contribution is -2.55. The van der Waals surface area contributed by atoms with E-state index in [1.54, 1.807) is 5.56 Å². The normalized spacial score (nSPS) is 33.8. The maximum Gasteiger partial charge on any atom is 0.0704 e. The lowest BCUT2D eigenvalue weighted by Gasteiger charge is -2.54. The van der Waals surface area contributed by atoms with Crippen LogP contribution in [0.15, 0.2) is 9.85 Å². The van der Waals surface area contributed by atoms with Gasteiger partial charge in [-0.15, -0.1) is 11.3 Å². The van der Waals surface area contributed by atoms with Crippen molar-refractivity contribution < 1.29 is 0 Å². The smallest absolute Gasteiger partial charge is 0.0704 e. The number of hydrogen-bond acceptors (Lipinski definition) is 2. The second-order valence-electron chi connectivity index (χ2n) is 5.05. The molecule has 1 N–H and O–H groups in total. The number of thiophene rings is 1. The maximum absolute atomic E-state index is 3.60. The Bertz CT molecular complexity index is 387. The third-order valence-electron chi connectivity index (χ3n) is 4.48. The van der Waals surface area contributed by atoms with Gasteiger partial charge in [0.1, 0.15) is 0 Å². The summed E-state index contributed by atoms with van der Waals surface area (Å²) in [7, 11) is 2.09. The van der Waals surface area contributed by atoms with E-state index in [-0.39, 0.29) is 0 Å². The van der Waals surface area contributed by atoms with Crippen LogP contribution >= 0.6 is 27.3 Å². The average Bonchev–Trinajstić information content (AvgIpc) is 2.56. The summed E-state index contributed by atoms with van der Waals surface area (Å²) >= 11 is 5.46. The van der Waals surface area contributed by atoms with Crippen molar-refractivity contribution in [1.82, 2.24) is 5.32 Å². The fourth-order valence-corrected chi connectivity index (χ4v) is 4.86. The fourth-order valence-electron chi connectivity index (χ4n) is 3.08. The average molecular weight is 302 g/mol. The summed E-state index contributed by atoms with van der Waals surface area (Å²) in [5, 5.41) is 3.46. The summed E-state index contributed by atoms with van der Waals surface area (Å²) in [5.41, 5.74) is 1.99. The first-order chi connectivity index (χ1) is 7.52. The van der Waals surface area contributed by atoms with Crippen LogP contribution in [0.2, 0.25) is 0 Å². The molecule has 1 aromatic rings. The molecule has 2 rings (SSSR count). The zero-order valence-electron chi connectivity index (χ0n) is 10.4. The largest absolute Gasteiger partial charge is 0.316 e. The third-order valence-corrected chi connectivity index (χ3v) is 6.04. The minimum Gasteiger partial charge on any atom is -0.316 e. The van der Waals surface area contributed by atoms with Gasteiger partial charge in [0.05, 0.1) is 3.79 Å². The van der Waals surface area contributed by atoms with Crippen LogP contribution in [-0.2, 0) is 0 Å². The van der Waals surface area contributed by atoms with Gasteiger partial charge in [-0.3, -0.25) is 0 Å². The SMILES string of the molecule is CCC1(C)C(NC)CC1c1cc(Br)sc1C. The Balaban J connectivity index is 2.27. The Labute approximate surface area is 111 Å². The van der Waals surface area contributed by atoms with Gasteiger partial charge in [-0.05, 0) is 65.7 Å². The third kappa shape index (κ3) is 1.77. The molecule has 3 unspecified atom stereocenters. The van der Waals surface area contributed by atoms with Crippen LogP contribution in [-0.4, -0.2) is 13.1 Å². The molecule has 1 saturated carbocycles. The minimum atomic E-state index is 0.431. The Hall–Kier alpha value is 0.140. The van der Waals surface area contributed by atoms with Gasteiger partial charge in [0.15, 0.2) is 0 Å². The highest BCUT2D eigenvalue weighted by molar-refractivity contribution is 9.11. The molecule has 0 bridgehead atoms. The summed E-state index contributed by atoms with van der Waals surface area (Å²) in [6, 6.07) is 3.00. The van der Waals surface area contributed by atoms with E-state index in [4.69, 9.17) is 0 Å². The van der Waals surface area contributed by atoms with Crippen molar-refractivity contribution in [3.63, 3.8) is 0 Å². The lowest BCUT2D eigenvalue weighted by atomic mass is 9.54. The Morgan fingerprint density at radius 2 is 2.31 bits per heavy atom. The van der Waals surface area contributed by atoms with Crippen molar-refractivity contribution in [3.05, 3.63) is 20.3 Å². The summed E-state index contributed by atoms with van der Waals surface area (Å²) in [5.74, 6) is 0.734. The standard InChI is InChI=1S/C13H20BrNS/c1-5-13(3)10(7-11(13)15-4)9-6-12(14)16-8(9)2/h6,10-11,15H,5,7H2,1-4H3. The molecule has 0 spiro atoms. The molecule has 1 heterocycles. The van der Waals surface area contributed by atoms with E-state index in [9.17, 15) is 0 Å². The topological polar surface area (TPSA) is 12.0 Å². The molecule has 0 amide bonds. The molecule has 16 heavy (non-hydrogen) atoms. The van der Waals surface area contributed by atoms with Crippen molar-refractivity contribution in [2.75, 3.05) is 7.05 Å². The van der Waals surface area contributed by atoms with Crippen molar-refractivity contribution in [2.45, 2.75) is 45.6 Å². The Kier molecular flexibility index (Phi) is 3.49. The molecule has 3 atom stereocenters. The lowest BCUT2D eigenvalue weighted by molar-refractivity contribution is 0.0494. The van der Waals surface area contributed by atoms with Gasteiger partial charge in [0.2, 0.25) is 0 Å². The van der Waals surface area contributed by atoms with E-state index < -0.39 is 0 Å². The first-order valence-corrected chi connectivity index (χ1v) is 7.57. The first kappa shape index (κ1) is 12.6. The molecule has 1 nitrogen and oxygen atoms in total. The van der Waals surface area contributed by atoms with E-state index >= 15 is 0 Å². The number of nitrogens with one attached hydrogen (secondary N) is 1. The number of hydrogen-bond donors (Lipinski definition) is 1. The van der Waals surface area contributed by atoms with E-state index in [0.717, 1.165) is 5.92 Å². The number of rotatable bonds is 3. The Morgan fingerprint density at radius 3 is 2.75 bits per heavy atom. The predicted molar refractivity (Wildman–Crippen MR) is 75.4 cm³/mol. The van der Waals surface area contributed by atoms with E-state index in [0.29, 0.717) is 11.5 Å². The van der Waals surface area contributed by atoms with Gasteiger partial charge >= 0.3 is 0 Å². The molecule has 1 fully saturated rings. The summed E-state index contributed by atoms with van der Waals surface area (Å²) in [6.07, 6.45) is 2.53. The molecule has 0 saturated heterocycles. The molecule has 1 aliphatic rings. The fraction of sp³-hybridized carbons (Fsp3) is 0.692. The highest BCUT2D eigenvalue weighted by atomic mass is 79.9. The van der Waals surface area contributed by atoms with Crippen molar-refractivity contribution >= 4 is 27.3 Å². The highest BCUT2D eigenvalue weighted by Crippen LogP contribution is 2.56. The van der Waals surface area contributed by atoms with Crippen molar-refractivity contribution in [3.8, 4) is 0 Å². The van der Waals surface area contributed by atoms with Crippen LogP contribution in [0.5, 0.6) is 0 Å². The van der Waals surface area contributed by atoms with Crippen LogP contribution < -0.4 is 5.32 Å². The molecule has 90 valence electrons. The molecule has 0 aliphatic heterocycles. The summed E-state index contributed by atoms with van der Waals surface area (Å²) in [4.78, 5) is 1.48. The molecule has 1 aliphatic carbocycles. The van der Waals surface area contributed by atoms with Crippen LogP contribution in [0.1, 0.15) is 43.0 Å². The second kappa shape index (κ2) is 4.43. The Morgan fingerprint density at radius 1 is 1.62 bits per heavy atom. The van der Waals surface area contributed by atoms with Gasteiger partial charge in [0, 0.05) is 10.9 Å². The van der Waals surface area contributed by atoms with Gasteiger partial charge in [0.25, 0.3) is 0 Å². The van der Waals surface area contributed by atoms with Crippen LogP contribution in [0, 0.1) is 12.3 Å². The van der Waals surface area contributed by atoms with Gasteiger partial charge < -0.3 is 5.32 Å². The molecular weight excluding hydrogens is 282 g/mol. The van der Waals surface area contributed by atoms with Crippen LogP contribution in [0.3, 0.4) is 0 Å². The molecule has 3 heteroatoms. The molecular formula is C13H20BrNS.